The van der Waals surface area contributed by atoms with Crippen molar-refractivity contribution in [3.63, 3.8) is 0 Å². The summed E-state index contributed by atoms with van der Waals surface area (Å²) in [5, 5.41) is 0. The second kappa shape index (κ2) is 21.5. The van der Waals surface area contributed by atoms with Crippen LogP contribution in [0.25, 0.3) is 0 Å². The van der Waals surface area contributed by atoms with Crippen molar-refractivity contribution in [3.05, 3.63) is 0 Å². The van der Waals surface area contributed by atoms with Crippen molar-refractivity contribution < 1.29 is 27.4 Å². The molecule has 0 spiro atoms. The molecule has 0 saturated heterocycles. The molecular formula is C57H96N6O6P6. The molecule has 0 aromatic carbocycles. The van der Waals surface area contributed by atoms with Crippen LogP contribution in [-0.2, 0) is 27.4 Å². The quantitative estimate of drug-likeness (QED) is 0.0771. The second-order valence-corrected chi connectivity index (χ2v) is 48.6. The number of aromatic nitrogens is 3. The molecule has 1 aromatic heterocycles. The van der Waals surface area contributed by atoms with E-state index < -0.39 is 42.9 Å². The monoisotopic (exact) mass is 1150 g/mol. The summed E-state index contributed by atoms with van der Waals surface area (Å²) in [5.41, 5.74) is 1.88. The fraction of sp³-hybridized carbons (Fsp3) is 0.947. The fourth-order valence-electron chi connectivity index (χ4n) is 15.9. The van der Waals surface area contributed by atoms with Gasteiger partial charge in [-0.05, 0) is 154 Å². The van der Waals surface area contributed by atoms with E-state index >= 15 is 27.4 Å². The van der Waals surface area contributed by atoms with Crippen LogP contribution in [0.15, 0.2) is 0 Å². The molecule has 420 valence electrons. The average molecular weight is 1150 g/mol. The molecule has 75 heavy (non-hydrogen) atoms. The van der Waals surface area contributed by atoms with Gasteiger partial charge in [-0.25, -0.2) is 0 Å². The van der Waals surface area contributed by atoms with Crippen LogP contribution in [0.2, 0.25) is 0 Å². The van der Waals surface area contributed by atoms with Gasteiger partial charge < -0.3 is 42.1 Å². The van der Waals surface area contributed by atoms with Crippen molar-refractivity contribution >= 4 is 60.7 Å². The van der Waals surface area contributed by atoms with Gasteiger partial charge in [0.15, 0.2) is 0 Å². The van der Waals surface area contributed by atoms with E-state index in [4.69, 9.17) is 15.0 Å². The lowest BCUT2D eigenvalue weighted by atomic mass is 9.99. The van der Waals surface area contributed by atoms with Gasteiger partial charge >= 0.3 is 0 Å². The summed E-state index contributed by atoms with van der Waals surface area (Å²) in [5.74, 6) is 1.24. The minimum absolute atomic E-state index is 0.157. The third-order valence-corrected chi connectivity index (χ3v) is 49.8. The summed E-state index contributed by atoms with van der Waals surface area (Å²) in [6.07, 6.45) is 38.5. The van der Waals surface area contributed by atoms with Gasteiger partial charge in [0.2, 0.25) is 17.8 Å². The topological polar surface area (TPSA) is 151 Å². The largest absolute Gasteiger partial charge is 0.326 e. The highest BCUT2D eigenvalue weighted by molar-refractivity contribution is 7.68. The SMILES string of the molecule is O=P(CN(CP(=O)(C1CCC1)C1CCC1)c1nc(N(CP(=O)(C2CCC2)C2CCC2)CP(=O)(C2CCC2)C2CCC2)nc(N(CP(=O)(C2CCC2)C2CCC2)CP(=O)(C2CCC2)C2CCC2)n1)(C1CCC1)C1CCC1. The summed E-state index contributed by atoms with van der Waals surface area (Å²) in [6, 6.07) is 0. The normalized spacial score (nSPS) is 26.9. The summed E-state index contributed by atoms with van der Waals surface area (Å²) in [4.78, 5) is 23.7. The molecule has 12 fully saturated rings. The van der Waals surface area contributed by atoms with Crippen molar-refractivity contribution in [3.8, 4) is 0 Å². The summed E-state index contributed by atoms with van der Waals surface area (Å²) >= 11 is 0. The lowest BCUT2D eigenvalue weighted by Crippen LogP contribution is -2.43. The minimum atomic E-state index is -2.87. The van der Waals surface area contributed by atoms with E-state index in [9.17, 15) is 0 Å². The van der Waals surface area contributed by atoms with Gasteiger partial charge in [0, 0.05) is 67.9 Å². The van der Waals surface area contributed by atoms with E-state index in [2.05, 4.69) is 14.7 Å². The highest BCUT2D eigenvalue weighted by atomic mass is 31.2. The van der Waals surface area contributed by atoms with Crippen LogP contribution in [0.1, 0.15) is 231 Å². The Morgan fingerprint density at radius 2 is 0.333 bits per heavy atom. The van der Waals surface area contributed by atoms with Gasteiger partial charge in [-0.2, -0.15) is 15.0 Å². The summed E-state index contributed by atoms with van der Waals surface area (Å²) < 4.78 is 97.7. The van der Waals surface area contributed by atoms with Crippen LogP contribution in [0.3, 0.4) is 0 Å². The molecule has 13 rings (SSSR count). The summed E-state index contributed by atoms with van der Waals surface area (Å²) in [6.45, 7) is 0. The van der Waals surface area contributed by atoms with Crippen LogP contribution >= 0.6 is 42.9 Å². The smallest absolute Gasteiger partial charge is 0.232 e. The van der Waals surface area contributed by atoms with Crippen LogP contribution < -0.4 is 14.7 Å². The van der Waals surface area contributed by atoms with Crippen molar-refractivity contribution in [2.45, 2.75) is 299 Å². The van der Waals surface area contributed by atoms with E-state index in [1.165, 1.54) is 0 Å². The number of nitrogens with zero attached hydrogens (tertiary/aromatic N) is 6. The molecule has 0 aliphatic heterocycles. The Balaban J connectivity index is 1.00. The predicted molar refractivity (Wildman–Crippen MR) is 314 cm³/mol. The Hall–Kier alpha value is -0.210. The second-order valence-electron chi connectivity index (χ2n) is 27.8. The molecule has 0 amide bonds. The number of hydrogen-bond acceptors (Lipinski definition) is 12. The maximum Gasteiger partial charge on any atom is 0.232 e. The molecular weight excluding hydrogens is 1050 g/mol. The first-order valence-electron chi connectivity index (χ1n) is 31.8. The van der Waals surface area contributed by atoms with Gasteiger partial charge in [-0.1, -0.05) is 77.0 Å². The molecule has 12 nitrogen and oxygen atoms in total. The lowest BCUT2D eigenvalue weighted by Gasteiger charge is -2.49. The molecule has 0 radical (unpaired) electrons. The molecule has 1 heterocycles. The highest BCUT2D eigenvalue weighted by Gasteiger charge is 2.55. The Morgan fingerprint density at radius 1 is 0.227 bits per heavy atom. The number of anilines is 3. The lowest BCUT2D eigenvalue weighted by molar-refractivity contribution is 0.424. The predicted octanol–water partition coefficient (Wildman–Crippen LogP) is 16.8. The average Bonchev–Trinajstić information content (AvgIpc) is 3.07. The van der Waals surface area contributed by atoms with Crippen LogP contribution in [0, 0.1) is 0 Å². The molecule has 12 aliphatic rings. The molecule has 0 bridgehead atoms. The van der Waals surface area contributed by atoms with Crippen molar-refractivity contribution in [1.29, 1.82) is 0 Å². The first kappa shape index (κ1) is 54.1. The van der Waals surface area contributed by atoms with Gasteiger partial charge in [0.25, 0.3) is 0 Å². The molecule has 1 aromatic rings. The van der Waals surface area contributed by atoms with Crippen LogP contribution in [0.4, 0.5) is 17.8 Å². The Morgan fingerprint density at radius 3 is 0.413 bits per heavy atom. The van der Waals surface area contributed by atoms with E-state index in [-0.39, 0.29) is 67.9 Å². The standard InChI is InChI=1S/C57H96N6O6P6/c64-70(43-13-1-14-43,44-15-2-16-44)37-61(38-71(65,45-17-3-18-45)46-19-4-20-46)55-58-56(62(39-72(66,47-21-5-22-47)48-23-6-24-48)40-73(67,49-25-7-26-49)50-27-8-28-50)60-57(59-55)63(41-74(68,51-29-9-30-51)52-31-10-32-52)42-75(69,53-33-11-34-53)54-35-12-36-54/h43-54H,1-42H2. The Kier molecular flexibility index (Phi) is 15.5. The van der Waals surface area contributed by atoms with Gasteiger partial charge in [0.05, 0.1) is 37.7 Å². The molecule has 12 saturated carbocycles. The molecule has 0 N–H and O–H groups in total. The van der Waals surface area contributed by atoms with Gasteiger partial charge in [-0.3, -0.25) is 0 Å². The molecule has 0 unspecified atom stereocenters. The van der Waals surface area contributed by atoms with Crippen molar-refractivity contribution in [2.24, 2.45) is 0 Å². The van der Waals surface area contributed by atoms with Crippen LogP contribution in [0.5, 0.6) is 0 Å². The third-order valence-electron chi connectivity index (χ3n) is 24.1. The zero-order valence-corrected chi connectivity index (χ0v) is 51.3. The van der Waals surface area contributed by atoms with Crippen LogP contribution in [-0.4, -0.2) is 121 Å². The number of hydrogen-bond donors (Lipinski definition) is 0. The molecule has 0 atom stereocenters. The first-order valence-corrected chi connectivity index (χ1v) is 44.0. The third kappa shape index (κ3) is 9.72. The highest BCUT2D eigenvalue weighted by Crippen LogP contribution is 2.74. The minimum Gasteiger partial charge on any atom is -0.326 e. The fourth-order valence-corrected chi connectivity index (χ4v) is 42.2. The Labute approximate surface area is 452 Å². The van der Waals surface area contributed by atoms with E-state index in [0.717, 1.165) is 231 Å². The zero-order valence-electron chi connectivity index (χ0n) is 45.9. The molecule has 12 aliphatic carbocycles. The van der Waals surface area contributed by atoms with E-state index in [1.807, 2.05) is 0 Å². The summed E-state index contributed by atoms with van der Waals surface area (Å²) in [7, 11) is -17.2. The first-order chi connectivity index (χ1) is 36.3. The van der Waals surface area contributed by atoms with Gasteiger partial charge in [-0.15, -0.1) is 0 Å². The molecule has 18 heteroatoms. The maximum absolute atomic E-state index is 16.3. The number of rotatable bonds is 27. The van der Waals surface area contributed by atoms with E-state index in [1.54, 1.807) is 0 Å². The van der Waals surface area contributed by atoms with Crippen molar-refractivity contribution in [1.82, 2.24) is 15.0 Å². The van der Waals surface area contributed by atoms with Crippen molar-refractivity contribution in [2.75, 3.05) is 52.4 Å². The zero-order chi connectivity index (χ0) is 51.2. The Bertz CT molecular complexity index is 2000. The van der Waals surface area contributed by atoms with E-state index in [0.29, 0.717) is 55.6 Å². The van der Waals surface area contributed by atoms with Gasteiger partial charge in [0.1, 0.15) is 42.9 Å². The maximum atomic E-state index is 16.3.